The summed E-state index contributed by atoms with van der Waals surface area (Å²) in [5.41, 5.74) is 5.04. The largest absolute Gasteiger partial charge is 0.496 e. The van der Waals surface area contributed by atoms with E-state index >= 15 is 0 Å². The Kier molecular flexibility index (Phi) is 5.64. The predicted octanol–water partition coefficient (Wildman–Crippen LogP) is 3.22. The molecule has 0 saturated carbocycles. The number of nitrogens with one attached hydrogen (secondary N) is 1. The second kappa shape index (κ2) is 7.94. The number of hydrogen-bond acceptors (Lipinski definition) is 4. The van der Waals surface area contributed by atoms with Crippen LogP contribution in [0.2, 0.25) is 0 Å². The smallest absolute Gasteiger partial charge is 0.128 e. The minimum Gasteiger partial charge on any atom is -0.496 e. The number of para-hydroxylation sites is 2. The van der Waals surface area contributed by atoms with Gasteiger partial charge in [0.2, 0.25) is 0 Å². The van der Waals surface area contributed by atoms with Crippen molar-refractivity contribution >= 4 is 6.21 Å². The zero-order chi connectivity index (χ0) is 14.9. The van der Waals surface area contributed by atoms with Crippen molar-refractivity contribution < 1.29 is 9.47 Å². The maximum absolute atomic E-state index is 5.55. The average molecular weight is 284 g/mol. The number of nitrogens with zero attached hydrogens (tertiary/aromatic N) is 1. The molecule has 0 bridgehead atoms. The van der Waals surface area contributed by atoms with Crippen LogP contribution in [0.5, 0.6) is 11.5 Å². The maximum Gasteiger partial charge on any atom is 0.128 e. The molecule has 0 aromatic heterocycles. The minimum absolute atomic E-state index is 0.608. The van der Waals surface area contributed by atoms with Crippen molar-refractivity contribution in [1.29, 1.82) is 0 Å². The van der Waals surface area contributed by atoms with Gasteiger partial charge in [-0.05, 0) is 25.1 Å². The molecule has 0 spiro atoms. The van der Waals surface area contributed by atoms with E-state index < -0.39 is 0 Å². The Labute approximate surface area is 125 Å². The third-order valence-electron chi connectivity index (χ3n) is 2.98. The van der Waals surface area contributed by atoms with Gasteiger partial charge in [0, 0.05) is 11.1 Å². The fourth-order valence-corrected chi connectivity index (χ4v) is 1.97. The quantitative estimate of drug-likeness (QED) is 0.627. The molecule has 2 rings (SSSR count). The second-order valence-corrected chi connectivity index (χ2v) is 4.38. The number of benzene rings is 2. The van der Waals surface area contributed by atoms with Crippen molar-refractivity contribution in [3.8, 4) is 11.5 Å². The molecular weight excluding hydrogens is 264 g/mol. The summed E-state index contributed by atoms with van der Waals surface area (Å²) in [6.45, 7) is 3.21. The summed E-state index contributed by atoms with van der Waals surface area (Å²) in [6, 6.07) is 15.7. The van der Waals surface area contributed by atoms with E-state index in [9.17, 15) is 0 Å². The lowest BCUT2D eigenvalue weighted by Gasteiger charge is -2.08. The van der Waals surface area contributed by atoms with Gasteiger partial charge < -0.3 is 14.9 Å². The summed E-state index contributed by atoms with van der Waals surface area (Å²) in [5.74, 6) is 1.69. The highest BCUT2D eigenvalue weighted by Crippen LogP contribution is 2.17. The summed E-state index contributed by atoms with van der Waals surface area (Å²) in [7, 11) is 1.67. The summed E-state index contributed by atoms with van der Waals surface area (Å²) in [5, 5.41) is 4.24. The Morgan fingerprint density at radius 1 is 1.05 bits per heavy atom. The van der Waals surface area contributed by atoms with Gasteiger partial charge in [-0.25, -0.2) is 0 Å². The van der Waals surface area contributed by atoms with E-state index in [2.05, 4.69) is 10.5 Å². The number of methoxy groups -OCH3 is 1. The molecule has 0 aliphatic carbocycles. The Morgan fingerprint density at radius 3 is 2.52 bits per heavy atom. The van der Waals surface area contributed by atoms with Gasteiger partial charge in [0.15, 0.2) is 0 Å². The Bertz CT molecular complexity index is 597. The molecule has 2 aromatic rings. The second-order valence-electron chi connectivity index (χ2n) is 4.38. The van der Waals surface area contributed by atoms with Crippen LogP contribution in [0, 0.1) is 0 Å². The molecule has 0 heterocycles. The van der Waals surface area contributed by atoms with Crippen molar-refractivity contribution in [2.75, 3.05) is 13.7 Å². The van der Waals surface area contributed by atoms with Crippen molar-refractivity contribution in [1.82, 2.24) is 5.43 Å². The lowest BCUT2D eigenvalue weighted by atomic mass is 10.2. The van der Waals surface area contributed by atoms with Crippen LogP contribution in [-0.2, 0) is 6.54 Å². The van der Waals surface area contributed by atoms with E-state index in [-0.39, 0.29) is 0 Å². The van der Waals surface area contributed by atoms with Gasteiger partial charge in [-0.15, -0.1) is 0 Å². The normalized spacial score (nSPS) is 10.6. The van der Waals surface area contributed by atoms with Crippen molar-refractivity contribution in [2.24, 2.45) is 5.10 Å². The zero-order valence-electron chi connectivity index (χ0n) is 12.4. The Morgan fingerprint density at radius 2 is 1.76 bits per heavy atom. The molecule has 2 aromatic carbocycles. The fourth-order valence-electron chi connectivity index (χ4n) is 1.97. The summed E-state index contributed by atoms with van der Waals surface area (Å²) in [4.78, 5) is 0. The first-order chi connectivity index (χ1) is 10.3. The van der Waals surface area contributed by atoms with Crippen molar-refractivity contribution in [2.45, 2.75) is 13.5 Å². The van der Waals surface area contributed by atoms with Crippen LogP contribution in [0.1, 0.15) is 18.1 Å². The van der Waals surface area contributed by atoms with Gasteiger partial charge in [-0.2, -0.15) is 5.10 Å². The standard InChI is InChI=1S/C17H20N2O2/c1-3-21-17-11-7-5-9-15(17)13-19-18-12-14-8-4-6-10-16(14)20-2/h4-11,13,18H,3,12H2,1-2H3/b19-13+. The summed E-state index contributed by atoms with van der Waals surface area (Å²) >= 11 is 0. The molecule has 110 valence electrons. The monoisotopic (exact) mass is 284 g/mol. The molecule has 1 N–H and O–H groups in total. The van der Waals surface area contributed by atoms with Crippen LogP contribution >= 0.6 is 0 Å². The van der Waals surface area contributed by atoms with E-state index in [4.69, 9.17) is 9.47 Å². The van der Waals surface area contributed by atoms with E-state index in [1.165, 1.54) is 0 Å². The minimum atomic E-state index is 0.608. The Balaban J connectivity index is 1.97. The summed E-state index contributed by atoms with van der Waals surface area (Å²) < 4.78 is 10.8. The first kappa shape index (κ1) is 14.9. The van der Waals surface area contributed by atoms with Gasteiger partial charge in [-0.1, -0.05) is 30.3 Å². The third-order valence-corrected chi connectivity index (χ3v) is 2.98. The lowest BCUT2D eigenvalue weighted by Crippen LogP contribution is -2.07. The van der Waals surface area contributed by atoms with Crippen molar-refractivity contribution in [3.05, 3.63) is 59.7 Å². The molecule has 0 aliphatic heterocycles. The van der Waals surface area contributed by atoms with Gasteiger partial charge in [0.25, 0.3) is 0 Å². The lowest BCUT2D eigenvalue weighted by molar-refractivity contribution is 0.340. The van der Waals surface area contributed by atoms with E-state index in [0.29, 0.717) is 13.2 Å². The molecular formula is C17H20N2O2. The first-order valence-corrected chi connectivity index (χ1v) is 6.94. The molecule has 0 fully saturated rings. The molecule has 0 radical (unpaired) electrons. The van der Waals surface area contributed by atoms with Crippen LogP contribution in [0.4, 0.5) is 0 Å². The number of hydrogen-bond donors (Lipinski definition) is 1. The molecule has 0 saturated heterocycles. The van der Waals surface area contributed by atoms with E-state index in [1.54, 1.807) is 13.3 Å². The van der Waals surface area contributed by atoms with Crippen LogP contribution in [0.25, 0.3) is 0 Å². The van der Waals surface area contributed by atoms with Crippen LogP contribution in [-0.4, -0.2) is 19.9 Å². The first-order valence-electron chi connectivity index (χ1n) is 6.94. The maximum atomic E-state index is 5.55. The highest BCUT2D eigenvalue weighted by molar-refractivity contribution is 5.83. The van der Waals surface area contributed by atoms with Gasteiger partial charge in [-0.3, -0.25) is 0 Å². The molecule has 0 atom stereocenters. The topological polar surface area (TPSA) is 42.8 Å². The van der Waals surface area contributed by atoms with Gasteiger partial charge in [0.1, 0.15) is 11.5 Å². The molecule has 21 heavy (non-hydrogen) atoms. The highest BCUT2D eigenvalue weighted by Gasteiger charge is 2.00. The number of hydrazone groups is 1. The number of rotatable bonds is 7. The van der Waals surface area contributed by atoms with Crippen molar-refractivity contribution in [3.63, 3.8) is 0 Å². The Hall–Kier alpha value is -2.49. The molecule has 4 nitrogen and oxygen atoms in total. The van der Waals surface area contributed by atoms with Crippen LogP contribution in [0.15, 0.2) is 53.6 Å². The molecule has 0 aliphatic rings. The SMILES string of the molecule is CCOc1ccccc1/C=N/NCc1ccccc1OC. The van der Waals surface area contributed by atoms with Crippen LogP contribution < -0.4 is 14.9 Å². The van der Waals surface area contributed by atoms with Crippen LogP contribution in [0.3, 0.4) is 0 Å². The zero-order valence-corrected chi connectivity index (χ0v) is 12.4. The average Bonchev–Trinajstić information content (AvgIpc) is 2.53. The van der Waals surface area contributed by atoms with Gasteiger partial charge in [0.05, 0.1) is 26.5 Å². The highest BCUT2D eigenvalue weighted by atomic mass is 16.5. The third kappa shape index (κ3) is 4.24. The van der Waals surface area contributed by atoms with E-state index in [0.717, 1.165) is 22.6 Å². The molecule has 0 amide bonds. The molecule has 4 heteroatoms. The summed E-state index contributed by atoms with van der Waals surface area (Å²) in [6.07, 6.45) is 1.76. The molecule has 0 unspecified atom stereocenters. The van der Waals surface area contributed by atoms with Gasteiger partial charge >= 0.3 is 0 Å². The van der Waals surface area contributed by atoms with E-state index in [1.807, 2.05) is 55.5 Å². The number of ether oxygens (including phenoxy) is 2. The predicted molar refractivity (Wildman–Crippen MR) is 85.0 cm³/mol. The fraction of sp³-hybridized carbons (Fsp3) is 0.235.